The van der Waals surface area contributed by atoms with Crippen molar-refractivity contribution in [2.24, 2.45) is 16.6 Å². The highest BCUT2D eigenvalue weighted by Crippen LogP contribution is 2.36. The summed E-state index contributed by atoms with van der Waals surface area (Å²) >= 11 is 0. The van der Waals surface area contributed by atoms with Crippen molar-refractivity contribution < 1.29 is 4.74 Å². The monoisotopic (exact) mass is 482 g/mol. The van der Waals surface area contributed by atoms with E-state index in [9.17, 15) is 0 Å². The van der Waals surface area contributed by atoms with E-state index < -0.39 is 0 Å². The Hall–Kier alpha value is -3.31. The molecule has 1 fully saturated rings. The molecule has 1 unspecified atom stereocenters. The molecule has 1 aliphatic heterocycles. The summed E-state index contributed by atoms with van der Waals surface area (Å²) in [4.78, 5) is 7.19. The second kappa shape index (κ2) is 11.6. The summed E-state index contributed by atoms with van der Waals surface area (Å²) in [5.74, 6) is 2.97. The van der Waals surface area contributed by atoms with Gasteiger partial charge in [-0.2, -0.15) is 0 Å². The maximum Gasteiger partial charge on any atom is 0.197 e. The molecule has 0 amide bonds. The predicted molar refractivity (Wildman–Crippen MR) is 148 cm³/mol. The number of nitrogens with zero attached hydrogens (tertiary/aromatic N) is 2. The van der Waals surface area contributed by atoms with Gasteiger partial charge in [0.15, 0.2) is 5.96 Å². The molecule has 1 aliphatic carbocycles. The van der Waals surface area contributed by atoms with Gasteiger partial charge in [0, 0.05) is 24.2 Å². The Morgan fingerprint density at radius 1 is 0.944 bits per heavy atom. The van der Waals surface area contributed by atoms with Gasteiger partial charge in [-0.1, -0.05) is 67.8 Å². The van der Waals surface area contributed by atoms with Crippen LogP contribution in [-0.4, -0.2) is 23.4 Å². The minimum Gasteiger partial charge on any atom is -0.457 e. The first-order valence-electron chi connectivity index (χ1n) is 13.4. The average Bonchev–Trinajstić information content (AvgIpc) is 2.92. The third-order valence-corrected chi connectivity index (χ3v) is 7.68. The lowest BCUT2D eigenvalue weighted by Crippen LogP contribution is -2.50. The van der Waals surface area contributed by atoms with E-state index in [1.165, 1.54) is 43.2 Å². The molecule has 5 nitrogen and oxygen atoms in total. The highest BCUT2D eigenvalue weighted by Gasteiger charge is 2.32. The summed E-state index contributed by atoms with van der Waals surface area (Å²) in [5, 5.41) is 3.75. The summed E-state index contributed by atoms with van der Waals surface area (Å²) in [6.07, 6.45) is 7.56. The summed E-state index contributed by atoms with van der Waals surface area (Å²) in [6, 6.07) is 27.4. The number of hydrogen-bond donors (Lipinski definition) is 2. The Kier molecular flexibility index (Phi) is 7.87. The molecule has 0 spiro atoms. The molecule has 188 valence electrons. The van der Waals surface area contributed by atoms with Crippen LogP contribution >= 0.6 is 0 Å². The zero-order valence-corrected chi connectivity index (χ0v) is 21.3. The van der Waals surface area contributed by atoms with Crippen LogP contribution in [0.3, 0.4) is 0 Å². The molecular weight excluding hydrogens is 444 g/mol. The highest BCUT2D eigenvalue weighted by atomic mass is 16.5. The van der Waals surface area contributed by atoms with Crippen molar-refractivity contribution in [2.75, 3.05) is 6.54 Å². The standard InChI is InChI=1S/C31H38N4O/c1-23(24-11-5-2-6-12-24)33-20-19-30(25-13-7-3-8-14-25)35-22-26-21-28(17-18-29(26)34-31(35)32)36-27-15-9-4-10-16-27/h2,4-6,9-12,15-18,21,23,25,30,33H,3,7-8,13-14,19-20,22H2,1H3,(H2,32,34)/t23?,30-/m0/s1. The Bertz CT molecular complexity index is 1140. The maximum atomic E-state index is 6.61. The fourth-order valence-corrected chi connectivity index (χ4v) is 5.70. The number of aliphatic imine (C=N–C) groups is 1. The van der Waals surface area contributed by atoms with Crippen LogP contribution in [0, 0.1) is 5.92 Å². The smallest absolute Gasteiger partial charge is 0.197 e. The lowest BCUT2D eigenvalue weighted by Gasteiger charge is -2.41. The zero-order chi connectivity index (χ0) is 24.7. The van der Waals surface area contributed by atoms with Crippen molar-refractivity contribution in [3.05, 3.63) is 90.0 Å². The largest absolute Gasteiger partial charge is 0.457 e. The summed E-state index contributed by atoms with van der Waals surface area (Å²) in [5.41, 5.74) is 10.1. The van der Waals surface area contributed by atoms with E-state index in [0.29, 0.717) is 24.0 Å². The Labute approximate surface area is 215 Å². The highest BCUT2D eigenvalue weighted by molar-refractivity contribution is 5.84. The van der Waals surface area contributed by atoms with Gasteiger partial charge in [-0.3, -0.25) is 0 Å². The van der Waals surface area contributed by atoms with Crippen LogP contribution in [0.25, 0.3) is 0 Å². The van der Waals surface area contributed by atoms with Crippen LogP contribution in [-0.2, 0) is 6.54 Å². The molecule has 5 rings (SSSR count). The number of guanidine groups is 1. The molecule has 2 aliphatic rings. The number of fused-ring (bicyclic) bond motifs is 1. The number of para-hydroxylation sites is 1. The quantitative estimate of drug-likeness (QED) is 0.347. The van der Waals surface area contributed by atoms with Crippen LogP contribution in [0.2, 0.25) is 0 Å². The normalized spacial score (nSPS) is 17.7. The molecule has 1 saturated carbocycles. The van der Waals surface area contributed by atoms with Gasteiger partial charge in [0.2, 0.25) is 0 Å². The van der Waals surface area contributed by atoms with E-state index in [4.69, 9.17) is 15.5 Å². The molecule has 2 atom stereocenters. The first kappa shape index (κ1) is 24.4. The molecule has 0 saturated heterocycles. The lowest BCUT2D eigenvalue weighted by atomic mass is 9.81. The minimum atomic E-state index is 0.323. The minimum absolute atomic E-state index is 0.323. The summed E-state index contributed by atoms with van der Waals surface area (Å²) in [7, 11) is 0. The number of nitrogens with two attached hydrogens (primary N) is 1. The second-order valence-corrected chi connectivity index (χ2v) is 10.1. The fraction of sp³-hybridized carbons (Fsp3) is 0.387. The van der Waals surface area contributed by atoms with E-state index in [0.717, 1.165) is 36.7 Å². The van der Waals surface area contributed by atoms with Gasteiger partial charge >= 0.3 is 0 Å². The first-order chi connectivity index (χ1) is 17.7. The predicted octanol–water partition coefficient (Wildman–Crippen LogP) is 6.93. The molecule has 0 radical (unpaired) electrons. The van der Waals surface area contributed by atoms with E-state index >= 15 is 0 Å². The summed E-state index contributed by atoms with van der Waals surface area (Å²) in [6.45, 7) is 3.96. The van der Waals surface area contributed by atoms with Gasteiger partial charge in [-0.25, -0.2) is 4.99 Å². The Morgan fingerprint density at radius 3 is 2.42 bits per heavy atom. The molecule has 5 heteroatoms. The van der Waals surface area contributed by atoms with Crippen molar-refractivity contribution >= 4 is 11.6 Å². The van der Waals surface area contributed by atoms with E-state index in [-0.39, 0.29) is 0 Å². The zero-order valence-electron chi connectivity index (χ0n) is 21.3. The molecule has 36 heavy (non-hydrogen) atoms. The van der Waals surface area contributed by atoms with Crippen LogP contribution in [0.1, 0.15) is 62.6 Å². The van der Waals surface area contributed by atoms with E-state index in [2.05, 4.69) is 53.5 Å². The van der Waals surface area contributed by atoms with Crippen molar-refractivity contribution in [2.45, 2.75) is 64.1 Å². The van der Waals surface area contributed by atoms with Gasteiger partial charge in [0.1, 0.15) is 11.5 Å². The molecule has 3 aromatic rings. The van der Waals surface area contributed by atoms with Crippen LogP contribution in [0.15, 0.2) is 83.9 Å². The third-order valence-electron chi connectivity index (χ3n) is 7.68. The molecule has 3 aromatic carbocycles. The topological polar surface area (TPSA) is 62.9 Å². The SMILES string of the molecule is CC(NCC[C@@H](C1CCCCC1)N1Cc2cc(Oc3ccccc3)ccc2N=C1N)c1ccccc1. The summed E-state index contributed by atoms with van der Waals surface area (Å²) < 4.78 is 6.11. The van der Waals surface area contributed by atoms with Crippen LogP contribution in [0.4, 0.5) is 5.69 Å². The number of ether oxygens (including phenoxy) is 1. The van der Waals surface area contributed by atoms with E-state index in [1.54, 1.807) is 0 Å². The van der Waals surface area contributed by atoms with Gasteiger partial charge in [-0.15, -0.1) is 0 Å². The Balaban J connectivity index is 1.31. The van der Waals surface area contributed by atoms with Gasteiger partial charge in [0.05, 0.1) is 5.69 Å². The van der Waals surface area contributed by atoms with Crippen molar-refractivity contribution in [1.29, 1.82) is 0 Å². The molecule has 0 aromatic heterocycles. The van der Waals surface area contributed by atoms with Crippen molar-refractivity contribution in [1.82, 2.24) is 10.2 Å². The number of nitrogens with one attached hydrogen (secondary N) is 1. The second-order valence-electron chi connectivity index (χ2n) is 10.1. The average molecular weight is 483 g/mol. The molecule has 0 bridgehead atoms. The molecule has 1 heterocycles. The molecular formula is C31H38N4O. The first-order valence-corrected chi connectivity index (χ1v) is 13.4. The molecule has 3 N–H and O–H groups in total. The van der Waals surface area contributed by atoms with Gasteiger partial charge in [-0.05, 0) is 74.5 Å². The number of rotatable bonds is 9. The van der Waals surface area contributed by atoms with Gasteiger partial charge in [0.25, 0.3) is 0 Å². The lowest BCUT2D eigenvalue weighted by molar-refractivity contribution is 0.163. The fourth-order valence-electron chi connectivity index (χ4n) is 5.70. The number of benzene rings is 3. The van der Waals surface area contributed by atoms with E-state index in [1.807, 2.05) is 42.5 Å². The van der Waals surface area contributed by atoms with Gasteiger partial charge < -0.3 is 20.7 Å². The Morgan fingerprint density at radius 2 is 1.67 bits per heavy atom. The van der Waals surface area contributed by atoms with Crippen molar-refractivity contribution in [3.63, 3.8) is 0 Å². The van der Waals surface area contributed by atoms with Crippen molar-refractivity contribution in [3.8, 4) is 11.5 Å². The van der Waals surface area contributed by atoms with Crippen LogP contribution in [0.5, 0.6) is 11.5 Å². The third kappa shape index (κ3) is 5.90. The maximum absolute atomic E-state index is 6.61. The number of hydrogen-bond acceptors (Lipinski definition) is 5. The van der Waals surface area contributed by atoms with Crippen LogP contribution < -0.4 is 15.8 Å².